The molecule has 0 aliphatic rings. The number of nitrogens with one attached hydrogen (secondary N) is 1. The molecule has 0 saturated heterocycles. The van der Waals surface area contributed by atoms with E-state index in [9.17, 15) is 4.39 Å². The second-order valence-electron chi connectivity index (χ2n) is 3.94. The zero-order chi connectivity index (χ0) is 12.3. The van der Waals surface area contributed by atoms with Gasteiger partial charge in [-0.3, -0.25) is 0 Å². The van der Waals surface area contributed by atoms with Gasteiger partial charge >= 0.3 is 0 Å². The van der Waals surface area contributed by atoms with Crippen LogP contribution in [0.3, 0.4) is 0 Å². The van der Waals surface area contributed by atoms with Crippen molar-refractivity contribution in [3.8, 4) is 0 Å². The first kappa shape index (κ1) is 11.9. The summed E-state index contributed by atoms with van der Waals surface area (Å²) in [7, 11) is 0. The molecule has 1 N–H and O–H groups in total. The van der Waals surface area contributed by atoms with E-state index in [0.717, 1.165) is 21.8 Å². The van der Waals surface area contributed by atoms with Gasteiger partial charge in [0, 0.05) is 17.3 Å². The summed E-state index contributed by atoms with van der Waals surface area (Å²) >= 11 is 6.04. The third kappa shape index (κ3) is 3.21. The van der Waals surface area contributed by atoms with E-state index in [1.165, 1.54) is 12.1 Å². The Balaban J connectivity index is 2.02. The fourth-order valence-electron chi connectivity index (χ4n) is 1.52. The molecule has 0 radical (unpaired) electrons. The molecular formula is C14H13ClFN. The van der Waals surface area contributed by atoms with E-state index in [-0.39, 0.29) is 5.82 Å². The number of hydrogen-bond donors (Lipinski definition) is 1. The lowest BCUT2D eigenvalue weighted by Gasteiger charge is -2.07. The van der Waals surface area contributed by atoms with Gasteiger partial charge in [-0.15, -0.1) is 0 Å². The van der Waals surface area contributed by atoms with Gasteiger partial charge < -0.3 is 5.32 Å². The van der Waals surface area contributed by atoms with Crippen LogP contribution in [-0.4, -0.2) is 0 Å². The Kier molecular flexibility index (Phi) is 3.64. The van der Waals surface area contributed by atoms with E-state index in [4.69, 9.17) is 11.6 Å². The Hall–Kier alpha value is -1.54. The molecule has 88 valence electrons. The van der Waals surface area contributed by atoms with Crippen LogP contribution < -0.4 is 5.32 Å². The molecule has 0 aliphatic carbocycles. The van der Waals surface area contributed by atoms with Crippen molar-refractivity contribution in [1.82, 2.24) is 0 Å². The van der Waals surface area contributed by atoms with Crippen LogP contribution in [0, 0.1) is 12.7 Å². The number of rotatable bonds is 3. The summed E-state index contributed by atoms with van der Waals surface area (Å²) in [6, 6.07) is 12.3. The highest BCUT2D eigenvalue weighted by molar-refractivity contribution is 6.31. The minimum absolute atomic E-state index is 0.228. The second kappa shape index (κ2) is 5.19. The fraction of sp³-hybridized carbons (Fsp3) is 0.143. The molecule has 2 aromatic rings. The summed E-state index contributed by atoms with van der Waals surface area (Å²) in [6.07, 6.45) is 0. The SMILES string of the molecule is Cc1ccc(CNc2ccc(F)cc2)cc1Cl. The summed E-state index contributed by atoms with van der Waals surface area (Å²) in [5.41, 5.74) is 3.06. The first-order chi connectivity index (χ1) is 8.15. The fourth-order valence-corrected chi connectivity index (χ4v) is 1.72. The Morgan fingerprint density at radius 1 is 1.12 bits per heavy atom. The lowest BCUT2D eigenvalue weighted by molar-refractivity contribution is 0.628. The smallest absolute Gasteiger partial charge is 0.123 e. The average Bonchev–Trinajstić information content (AvgIpc) is 2.33. The summed E-state index contributed by atoms with van der Waals surface area (Å²) in [6.45, 7) is 2.64. The lowest BCUT2D eigenvalue weighted by Crippen LogP contribution is -1.99. The molecule has 17 heavy (non-hydrogen) atoms. The molecule has 0 amide bonds. The Morgan fingerprint density at radius 3 is 2.47 bits per heavy atom. The van der Waals surface area contributed by atoms with Gasteiger partial charge in [0.25, 0.3) is 0 Å². The van der Waals surface area contributed by atoms with Gasteiger partial charge in [0.2, 0.25) is 0 Å². The van der Waals surface area contributed by atoms with Gasteiger partial charge in [0.05, 0.1) is 0 Å². The number of aryl methyl sites for hydroxylation is 1. The van der Waals surface area contributed by atoms with Crippen molar-refractivity contribution >= 4 is 17.3 Å². The van der Waals surface area contributed by atoms with Crippen LogP contribution in [0.4, 0.5) is 10.1 Å². The zero-order valence-corrected chi connectivity index (χ0v) is 10.3. The molecule has 2 aromatic carbocycles. The largest absolute Gasteiger partial charge is 0.381 e. The molecular weight excluding hydrogens is 237 g/mol. The quantitative estimate of drug-likeness (QED) is 0.850. The van der Waals surface area contributed by atoms with E-state index in [1.54, 1.807) is 12.1 Å². The van der Waals surface area contributed by atoms with E-state index in [0.29, 0.717) is 6.54 Å². The third-order valence-corrected chi connectivity index (χ3v) is 2.98. The van der Waals surface area contributed by atoms with E-state index in [2.05, 4.69) is 5.32 Å². The third-order valence-electron chi connectivity index (χ3n) is 2.58. The van der Waals surface area contributed by atoms with Crippen molar-refractivity contribution in [2.75, 3.05) is 5.32 Å². The van der Waals surface area contributed by atoms with Crippen molar-refractivity contribution in [3.63, 3.8) is 0 Å². The van der Waals surface area contributed by atoms with Gasteiger partial charge in [-0.2, -0.15) is 0 Å². The first-order valence-electron chi connectivity index (χ1n) is 5.39. The molecule has 0 atom stereocenters. The van der Waals surface area contributed by atoms with Crippen molar-refractivity contribution in [2.24, 2.45) is 0 Å². The second-order valence-corrected chi connectivity index (χ2v) is 4.35. The molecule has 0 unspecified atom stereocenters. The average molecular weight is 250 g/mol. The van der Waals surface area contributed by atoms with Gasteiger partial charge in [-0.1, -0.05) is 23.7 Å². The van der Waals surface area contributed by atoms with E-state index in [1.807, 2.05) is 25.1 Å². The van der Waals surface area contributed by atoms with E-state index >= 15 is 0 Å². The first-order valence-corrected chi connectivity index (χ1v) is 5.77. The predicted molar refractivity (Wildman–Crippen MR) is 69.9 cm³/mol. The van der Waals surface area contributed by atoms with Crippen LogP contribution in [0.5, 0.6) is 0 Å². The standard InChI is InChI=1S/C14H13ClFN/c1-10-2-3-11(8-14(10)15)9-17-13-6-4-12(16)5-7-13/h2-8,17H,9H2,1H3. The highest BCUT2D eigenvalue weighted by atomic mass is 35.5. The van der Waals surface area contributed by atoms with Crippen LogP contribution in [0.2, 0.25) is 5.02 Å². The zero-order valence-electron chi connectivity index (χ0n) is 9.50. The molecule has 0 heterocycles. The summed E-state index contributed by atoms with van der Waals surface area (Å²) < 4.78 is 12.7. The number of hydrogen-bond acceptors (Lipinski definition) is 1. The predicted octanol–water partition coefficient (Wildman–Crippen LogP) is 4.40. The Bertz CT molecular complexity index is 508. The normalized spacial score (nSPS) is 10.3. The van der Waals surface area contributed by atoms with Gasteiger partial charge in [-0.05, 0) is 48.4 Å². The number of anilines is 1. The molecule has 0 aromatic heterocycles. The molecule has 0 saturated carbocycles. The molecule has 2 rings (SSSR count). The maximum Gasteiger partial charge on any atom is 0.123 e. The van der Waals surface area contributed by atoms with E-state index < -0.39 is 0 Å². The van der Waals surface area contributed by atoms with Crippen molar-refractivity contribution in [2.45, 2.75) is 13.5 Å². The minimum atomic E-state index is -0.228. The van der Waals surface area contributed by atoms with Crippen LogP contribution in [0.25, 0.3) is 0 Å². The number of benzene rings is 2. The molecule has 1 nitrogen and oxygen atoms in total. The highest BCUT2D eigenvalue weighted by Crippen LogP contribution is 2.17. The van der Waals surface area contributed by atoms with Crippen molar-refractivity contribution < 1.29 is 4.39 Å². The highest BCUT2D eigenvalue weighted by Gasteiger charge is 1.98. The summed E-state index contributed by atoms with van der Waals surface area (Å²) in [5.74, 6) is -0.228. The summed E-state index contributed by atoms with van der Waals surface area (Å²) in [4.78, 5) is 0. The Labute approximate surface area is 105 Å². The van der Waals surface area contributed by atoms with Crippen molar-refractivity contribution in [3.05, 3.63) is 64.4 Å². The monoisotopic (exact) mass is 249 g/mol. The molecule has 0 fully saturated rings. The maximum atomic E-state index is 12.7. The molecule has 0 bridgehead atoms. The molecule has 3 heteroatoms. The van der Waals surface area contributed by atoms with Gasteiger partial charge in [0.15, 0.2) is 0 Å². The van der Waals surface area contributed by atoms with Crippen LogP contribution in [0.1, 0.15) is 11.1 Å². The van der Waals surface area contributed by atoms with Crippen molar-refractivity contribution in [1.29, 1.82) is 0 Å². The molecule has 0 spiro atoms. The lowest BCUT2D eigenvalue weighted by atomic mass is 10.1. The maximum absolute atomic E-state index is 12.7. The summed E-state index contributed by atoms with van der Waals surface area (Å²) in [5, 5.41) is 3.98. The van der Waals surface area contributed by atoms with Gasteiger partial charge in [-0.25, -0.2) is 4.39 Å². The van der Waals surface area contributed by atoms with Crippen LogP contribution in [0.15, 0.2) is 42.5 Å². The molecule has 0 aliphatic heterocycles. The van der Waals surface area contributed by atoms with Gasteiger partial charge in [0.1, 0.15) is 5.82 Å². The number of halogens is 2. The Morgan fingerprint density at radius 2 is 1.82 bits per heavy atom. The van der Waals surface area contributed by atoms with Crippen LogP contribution >= 0.6 is 11.6 Å². The van der Waals surface area contributed by atoms with Crippen LogP contribution in [-0.2, 0) is 6.54 Å². The minimum Gasteiger partial charge on any atom is -0.381 e. The topological polar surface area (TPSA) is 12.0 Å².